The van der Waals surface area contributed by atoms with Crippen molar-refractivity contribution < 1.29 is 4.74 Å². The van der Waals surface area contributed by atoms with Crippen LogP contribution < -0.4 is 10.1 Å². The zero-order valence-corrected chi connectivity index (χ0v) is 10.4. The standard InChI is InChI=1S/C13H19N3O/c1-10(2)9-17-13-11(5-3-6-16-13)12-14-7-4-8-15-12/h3,5-6,10H,4,7-9H2,1-2H3,(H,14,15). The number of aromatic nitrogens is 1. The van der Waals surface area contributed by atoms with Crippen LogP contribution in [0.25, 0.3) is 0 Å². The van der Waals surface area contributed by atoms with Crippen LogP contribution in [0.15, 0.2) is 23.3 Å². The first-order valence-electron chi connectivity index (χ1n) is 6.14. The lowest BCUT2D eigenvalue weighted by molar-refractivity contribution is 0.261. The molecule has 4 heteroatoms. The number of nitrogens with one attached hydrogen (secondary N) is 1. The van der Waals surface area contributed by atoms with Crippen LogP contribution >= 0.6 is 0 Å². The lowest BCUT2D eigenvalue weighted by Gasteiger charge is -2.17. The fraction of sp³-hybridized carbons (Fsp3) is 0.538. The summed E-state index contributed by atoms with van der Waals surface area (Å²) in [5.41, 5.74) is 0.966. The minimum Gasteiger partial charge on any atom is -0.477 e. The molecule has 2 rings (SSSR count). The topological polar surface area (TPSA) is 46.5 Å². The summed E-state index contributed by atoms with van der Waals surface area (Å²) in [5, 5.41) is 3.29. The first-order valence-corrected chi connectivity index (χ1v) is 6.14. The Balaban J connectivity index is 2.17. The maximum absolute atomic E-state index is 5.72. The molecule has 0 saturated heterocycles. The highest BCUT2D eigenvalue weighted by atomic mass is 16.5. The molecule has 0 amide bonds. The van der Waals surface area contributed by atoms with Gasteiger partial charge in [0.1, 0.15) is 5.84 Å². The molecule has 0 aliphatic carbocycles. The van der Waals surface area contributed by atoms with Gasteiger partial charge in [-0.25, -0.2) is 4.98 Å². The van der Waals surface area contributed by atoms with Gasteiger partial charge in [0.15, 0.2) is 0 Å². The van der Waals surface area contributed by atoms with Crippen molar-refractivity contribution in [1.29, 1.82) is 0 Å². The smallest absolute Gasteiger partial charge is 0.224 e. The Bertz CT molecular complexity index is 401. The molecule has 0 unspecified atom stereocenters. The number of pyridine rings is 1. The van der Waals surface area contributed by atoms with Crippen LogP contribution in [0.1, 0.15) is 25.8 Å². The van der Waals surface area contributed by atoms with Crippen LogP contribution in [0.5, 0.6) is 5.88 Å². The molecule has 92 valence electrons. The lowest BCUT2D eigenvalue weighted by Crippen LogP contribution is -2.30. The summed E-state index contributed by atoms with van der Waals surface area (Å²) in [4.78, 5) is 8.76. The Hall–Kier alpha value is -1.58. The van der Waals surface area contributed by atoms with E-state index in [9.17, 15) is 0 Å². The van der Waals surface area contributed by atoms with Crippen molar-refractivity contribution >= 4 is 5.84 Å². The highest BCUT2D eigenvalue weighted by Crippen LogP contribution is 2.16. The van der Waals surface area contributed by atoms with E-state index in [2.05, 4.69) is 29.1 Å². The summed E-state index contributed by atoms with van der Waals surface area (Å²) >= 11 is 0. The lowest BCUT2D eigenvalue weighted by atomic mass is 10.2. The molecule has 0 radical (unpaired) electrons. The number of ether oxygens (including phenoxy) is 1. The number of hydrogen-bond donors (Lipinski definition) is 1. The molecular formula is C13H19N3O. The number of amidine groups is 1. The first-order chi connectivity index (χ1) is 8.27. The molecule has 1 aromatic heterocycles. The summed E-state index contributed by atoms with van der Waals surface area (Å²) in [6.45, 7) is 6.77. The van der Waals surface area contributed by atoms with Gasteiger partial charge in [-0.2, -0.15) is 0 Å². The van der Waals surface area contributed by atoms with E-state index in [0.717, 1.165) is 30.9 Å². The number of rotatable bonds is 4. The van der Waals surface area contributed by atoms with Gasteiger partial charge in [-0.1, -0.05) is 13.8 Å². The molecule has 0 saturated carbocycles. The van der Waals surface area contributed by atoms with Crippen molar-refractivity contribution in [3.8, 4) is 5.88 Å². The van der Waals surface area contributed by atoms with Gasteiger partial charge in [-0.3, -0.25) is 4.99 Å². The van der Waals surface area contributed by atoms with Crippen molar-refractivity contribution in [2.24, 2.45) is 10.9 Å². The van der Waals surface area contributed by atoms with Crippen LogP contribution in [0.3, 0.4) is 0 Å². The average Bonchev–Trinajstić information content (AvgIpc) is 2.38. The molecule has 0 spiro atoms. The SMILES string of the molecule is CC(C)COc1ncccc1C1=NCCCN1. The summed E-state index contributed by atoms with van der Waals surface area (Å²) in [5.74, 6) is 2.07. The minimum absolute atomic E-state index is 0.492. The van der Waals surface area contributed by atoms with Crippen LogP contribution in [0.4, 0.5) is 0 Å². The molecule has 1 aliphatic heterocycles. The number of nitrogens with zero attached hydrogens (tertiary/aromatic N) is 2. The van der Waals surface area contributed by atoms with Crippen LogP contribution in [0, 0.1) is 5.92 Å². The summed E-state index contributed by atoms with van der Waals surface area (Å²) in [6.07, 6.45) is 2.84. The van der Waals surface area contributed by atoms with E-state index in [1.807, 2.05) is 12.1 Å². The minimum atomic E-state index is 0.492. The molecule has 0 fully saturated rings. The maximum atomic E-state index is 5.72. The van der Waals surface area contributed by atoms with Gasteiger partial charge in [0.05, 0.1) is 12.2 Å². The Morgan fingerprint density at radius 2 is 2.35 bits per heavy atom. The van der Waals surface area contributed by atoms with Gasteiger partial charge >= 0.3 is 0 Å². The Morgan fingerprint density at radius 3 is 3.06 bits per heavy atom. The fourth-order valence-corrected chi connectivity index (χ4v) is 1.64. The second-order valence-corrected chi connectivity index (χ2v) is 4.57. The van der Waals surface area contributed by atoms with E-state index in [4.69, 9.17) is 4.74 Å². The van der Waals surface area contributed by atoms with E-state index in [-0.39, 0.29) is 0 Å². The molecule has 2 heterocycles. The van der Waals surface area contributed by atoms with E-state index >= 15 is 0 Å². The quantitative estimate of drug-likeness (QED) is 0.863. The second kappa shape index (κ2) is 5.66. The van der Waals surface area contributed by atoms with E-state index < -0.39 is 0 Å². The van der Waals surface area contributed by atoms with Gasteiger partial charge < -0.3 is 10.1 Å². The third-order valence-electron chi connectivity index (χ3n) is 2.48. The van der Waals surface area contributed by atoms with Gasteiger partial charge in [0.25, 0.3) is 0 Å². The van der Waals surface area contributed by atoms with E-state index in [0.29, 0.717) is 18.4 Å². The molecule has 1 aliphatic rings. The summed E-state index contributed by atoms with van der Waals surface area (Å²) < 4.78 is 5.72. The average molecular weight is 233 g/mol. The molecule has 0 atom stereocenters. The fourth-order valence-electron chi connectivity index (χ4n) is 1.64. The van der Waals surface area contributed by atoms with E-state index in [1.54, 1.807) is 6.20 Å². The zero-order chi connectivity index (χ0) is 12.1. The molecule has 0 bridgehead atoms. The second-order valence-electron chi connectivity index (χ2n) is 4.57. The highest BCUT2D eigenvalue weighted by Gasteiger charge is 2.13. The van der Waals surface area contributed by atoms with Crippen molar-refractivity contribution in [1.82, 2.24) is 10.3 Å². The molecular weight excluding hydrogens is 214 g/mol. The Morgan fingerprint density at radius 1 is 1.47 bits per heavy atom. The largest absolute Gasteiger partial charge is 0.477 e. The van der Waals surface area contributed by atoms with Crippen molar-refractivity contribution in [3.05, 3.63) is 23.9 Å². The van der Waals surface area contributed by atoms with E-state index in [1.165, 1.54) is 0 Å². The molecule has 0 aromatic carbocycles. The van der Waals surface area contributed by atoms with Crippen molar-refractivity contribution in [2.75, 3.05) is 19.7 Å². The third-order valence-corrected chi connectivity index (χ3v) is 2.48. The molecule has 1 aromatic rings. The maximum Gasteiger partial charge on any atom is 0.224 e. The van der Waals surface area contributed by atoms with Crippen LogP contribution in [0.2, 0.25) is 0 Å². The highest BCUT2D eigenvalue weighted by molar-refractivity contribution is 6.00. The monoisotopic (exact) mass is 233 g/mol. The zero-order valence-electron chi connectivity index (χ0n) is 10.4. The molecule has 1 N–H and O–H groups in total. The predicted octanol–water partition coefficient (Wildman–Crippen LogP) is 1.86. The van der Waals surface area contributed by atoms with Crippen LogP contribution in [-0.2, 0) is 0 Å². The first kappa shape index (κ1) is 11.9. The van der Waals surface area contributed by atoms with Gasteiger partial charge in [0, 0.05) is 19.3 Å². The molecule has 17 heavy (non-hydrogen) atoms. The van der Waals surface area contributed by atoms with Gasteiger partial charge in [-0.15, -0.1) is 0 Å². The number of aliphatic imine (C=N–C) groups is 1. The van der Waals surface area contributed by atoms with Crippen LogP contribution in [-0.4, -0.2) is 30.5 Å². The Labute approximate surface area is 102 Å². The summed E-state index contributed by atoms with van der Waals surface area (Å²) in [6, 6.07) is 3.91. The van der Waals surface area contributed by atoms with Crippen molar-refractivity contribution in [2.45, 2.75) is 20.3 Å². The third kappa shape index (κ3) is 3.19. The van der Waals surface area contributed by atoms with Gasteiger partial charge in [-0.05, 0) is 24.5 Å². The Kier molecular flexibility index (Phi) is 3.96. The summed E-state index contributed by atoms with van der Waals surface area (Å²) in [7, 11) is 0. The number of hydrogen-bond acceptors (Lipinski definition) is 4. The van der Waals surface area contributed by atoms with Gasteiger partial charge in [0.2, 0.25) is 5.88 Å². The normalized spacial score (nSPS) is 15.4. The van der Waals surface area contributed by atoms with Crippen molar-refractivity contribution in [3.63, 3.8) is 0 Å². The molecule has 4 nitrogen and oxygen atoms in total. The predicted molar refractivity (Wildman–Crippen MR) is 68.6 cm³/mol.